The van der Waals surface area contributed by atoms with Gasteiger partial charge in [0.25, 0.3) is 0 Å². The van der Waals surface area contributed by atoms with Crippen molar-refractivity contribution in [1.82, 2.24) is 10.0 Å². The van der Waals surface area contributed by atoms with Gasteiger partial charge in [-0.1, -0.05) is 30.3 Å². The van der Waals surface area contributed by atoms with Crippen molar-refractivity contribution < 1.29 is 14.7 Å². The number of rotatable bonds is 4. The van der Waals surface area contributed by atoms with Gasteiger partial charge in [0.2, 0.25) is 0 Å². The number of carbonyl (C=O) groups is 1. The number of ether oxygens (including phenoxy) is 1. The molecule has 0 fully saturated rings. The Bertz CT molecular complexity index is 973. The summed E-state index contributed by atoms with van der Waals surface area (Å²) < 4.78 is 5.88. The Morgan fingerprint density at radius 1 is 1.23 bits per heavy atom. The van der Waals surface area contributed by atoms with Crippen LogP contribution in [0.4, 0.5) is 4.79 Å². The molecule has 1 aliphatic rings. The number of pyridine rings is 1. The normalized spacial score (nSPS) is 15.7. The number of hydrogen-bond donors (Lipinski definition) is 2. The van der Waals surface area contributed by atoms with E-state index in [0.717, 1.165) is 39.9 Å². The molecule has 0 saturated heterocycles. The molecule has 1 unspecified atom stereocenters. The van der Waals surface area contributed by atoms with Crippen molar-refractivity contribution in [3.63, 3.8) is 0 Å². The molecule has 3 aromatic rings. The maximum absolute atomic E-state index is 11.2. The third-order valence-corrected chi connectivity index (χ3v) is 4.72. The molecule has 2 aromatic carbocycles. The number of para-hydroxylation sites is 1. The first-order valence-electron chi connectivity index (χ1n) is 8.49. The first kappa shape index (κ1) is 16.4. The van der Waals surface area contributed by atoms with Crippen LogP contribution in [-0.2, 0) is 13.0 Å². The smallest absolute Gasteiger partial charge is 0.339 e. The van der Waals surface area contributed by atoms with E-state index in [-0.39, 0.29) is 0 Å². The van der Waals surface area contributed by atoms with Crippen LogP contribution in [0.25, 0.3) is 10.9 Å². The number of nitrogens with zero attached hydrogens (tertiary/aromatic N) is 2. The number of hydrogen-bond acceptors (Lipinski definition) is 4. The van der Waals surface area contributed by atoms with Gasteiger partial charge in [-0.2, -0.15) is 5.06 Å². The zero-order chi connectivity index (χ0) is 18.1. The SMILES string of the molecule is NC(=O)N(O)C1CCc2cc(OCc3ccc4ccccc4n3)ccc21. The number of aromatic nitrogens is 1. The van der Waals surface area contributed by atoms with Gasteiger partial charge in [0.1, 0.15) is 12.4 Å². The summed E-state index contributed by atoms with van der Waals surface area (Å²) in [5.74, 6) is 0.739. The summed E-state index contributed by atoms with van der Waals surface area (Å²) in [5.41, 5.74) is 8.92. The average molecular weight is 349 g/mol. The van der Waals surface area contributed by atoms with Crippen molar-refractivity contribution in [3.05, 3.63) is 71.4 Å². The van der Waals surface area contributed by atoms with E-state index in [2.05, 4.69) is 4.98 Å². The highest BCUT2D eigenvalue weighted by Crippen LogP contribution is 2.36. The van der Waals surface area contributed by atoms with Gasteiger partial charge in [0.05, 0.1) is 17.3 Å². The highest BCUT2D eigenvalue weighted by atomic mass is 16.5. The highest BCUT2D eigenvalue weighted by Gasteiger charge is 2.29. The Kier molecular flexibility index (Phi) is 4.18. The molecule has 3 N–H and O–H groups in total. The quantitative estimate of drug-likeness (QED) is 0.557. The zero-order valence-electron chi connectivity index (χ0n) is 14.1. The first-order valence-corrected chi connectivity index (χ1v) is 8.49. The van der Waals surface area contributed by atoms with Crippen molar-refractivity contribution in [2.24, 2.45) is 5.73 Å². The molecule has 132 valence electrons. The largest absolute Gasteiger partial charge is 0.487 e. The van der Waals surface area contributed by atoms with Crippen LogP contribution < -0.4 is 10.5 Å². The Morgan fingerprint density at radius 2 is 2.08 bits per heavy atom. The van der Waals surface area contributed by atoms with Gasteiger partial charge in [-0.25, -0.2) is 9.78 Å². The number of benzene rings is 2. The number of primary amides is 1. The van der Waals surface area contributed by atoms with Crippen LogP contribution in [0.3, 0.4) is 0 Å². The van der Waals surface area contributed by atoms with Crippen molar-refractivity contribution in [2.75, 3.05) is 0 Å². The predicted molar refractivity (Wildman–Crippen MR) is 96.8 cm³/mol. The van der Waals surface area contributed by atoms with Crippen LogP contribution in [0.2, 0.25) is 0 Å². The molecule has 0 spiro atoms. The van der Waals surface area contributed by atoms with E-state index in [1.165, 1.54) is 0 Å². The number of nitrogens with two attached hydrogens (primary N) is 1. The molecule has 1 aliphatic carbocycles. The number of carbonyl (C=O) groups excluding carboxylic acids is 1. The third kappa shape index (κ3) is 3.07. The van der Waals surface area contributed by atoms with E-state index in [9.17, 15) is 10.0 Å². The molecule has 1 heterocycles. The van der Waals surface area contributed by atoms with Gasteiger partial charge in [0, 0.05) is 5.39 Å². The monoisotopic (exact) mass is 349 g/mol. The second-order valence-corrected chi connectivity index (χ2v) is 6.38. The Hall–Kier alpha value is -3.12. The lowest BCUT2D eigenvalue weighted by molar-refractivity contribution is -0.0757. The van der Waals surface area contributed by atoms with Crippen LogP contribution >= 0.6 is 0 Å². The lowest BCUT2D eigenvalue weighted by Crippen LogP contribution is -2.35. The van der Waals surface area contributed by atoms with Crippen LogP contribution in [0, 0.1) is 0 Å². The number of aryl methyl sites for hydroxylation is 1. The second-order valence-electron chi connectivity index (χ2n) is 6.38. The summed E-state index contributed by atoms with van der Waals surface area (Å²) in [4.78, 5) is 15.8. The fourth-order valence-electron chi connectivity index (χ4n) is 3.41. The van der Waals surface area contributed by atoms with E-state index < -0.39 is 12.1 Å². The summed E-state index contributed by atoms with van der Waals surface area (Å²) >= 11 is 0. The average Bonchev–Trinajstić information content (AvgIpc) is 3.08. The maximum Gasteiger partial charge on any atom is 0.339 e. The van der Waals surface area contributed by atoms with Gasteiger partial charge in [-0.05, 0) is 48.2 Å². The lowest BCUT2D eigenvalue weighted by atomic mass is 10.1. The molecule has 4 rings (SSSR count). The van der Waals surface area contributed by atoms with Gasteiger partial charge < -0.3 is 10.5 Å². The standard InChI is InChI=1S/C20H19N3O3/c21-20(24)23(25)19-10-6-14-11-16(8-9-17(14)19)26-12-15-7-5-13-3-1-2-4-18(13)22-15/h1-5,7-9,11,19,25H,6,10,12H2,(H2,21,24). The van der Waals surface area contributed by atoms with Gasteiger partial charge in [-0.3, -0.25) is 5.21 Å². The predicted octanol–water partition coefficient (Wildman–Crippen LogP) is 3.57. The van der Waals surface area contributed by atoms with Crippen molar-refractivity contribution in [1.29, 1.82) is 0 Å². The highest BCUT2D eigenvalue weighted by molar-refractivity contribution is 5.78. The molecular weight excluding hydrogens is 330 g/mol. The van der Waals surface area contributed by atoms with E-state index in [1.54, 1.807) is 0 Å². The summed E-state index contributed by atoms with van der Waals surface area (Å²) in [6.07, 6.45) is 1.40. The molecule has 0 bridgehead atoms. The molecule has 1 aromatic heterocycles. The van der Waals surface area contributed by atoms with Crippen molar-refractivity contribution in [3.8, 4) is 5.75 Å². The van der Waals surface area contributed by atoms with Gasteiger partial charge in [-0.15, -0.1) is 0 Å². The summed E-state index contributed by atoms with van der Waals surface area (Å²) in [6.45, 7) is 0.375. The summed E-state index contributed by atoms with van der Waals surface area (Å²) in [5, 5.41) is 11.5. The molecule has 2 amide bonds. The van der Waals surface area contributed by atoms with Crippen LogP contribution in [0.5, 0.6) is 5.75 Å². The molecule has 0 radical (unpaired) electrons. The van der Waals surface area contributed by atoms with E-state index >= 15 is 0 Å². The van der Waals surface area contributed by atoms with Crippen molar-refractivity contribution >= 4 is 16.9 Å². The van der Waals surface area contributed by atoms with Crippen LogP contribution in [0.15, 0.2) is 54.6 Å². The fraction of sp³-hybridized carbons (Fsp3) is 0.200. The zero-order valence-corrected chi connectivity index (χ0v) is 14.1. The fourth-order valence-corrected chi connectivity index (χ4v) is 3.41. The number of amides is 2. The minimum atomic E-state index is -0.842. The summed E-state index contributed by atoms with van der Waals surface area (Å²) in [6, 6.07) is 16.4. The van der Waals surface area contributed by atoms with E-state index in [1.807, 2.05) is 54.6 Å². The van der Waals surface area contributed by atoms with Crippen LogP contribution in [0.1, 0.15) is 29.3 Å². The molecule has 6 nitrogen and oxygen atoms in total. The number of hydroxylamine groups is 2. The number of urea groups is 1. The minimum absolute atomic E-state index is 0.375. The number of fused-ring (bicyclic) bond motifs is 2. The van der Waals surface area contributed by atoms with Gasteiger partial charge >= 0.3 is 6.03 Å². The minimum Gasteiger partial charge on any atom is -0.487 e. The summed E-state index contributed by atoms with van der Waals surface area (Å²) in [7, 11) is 0. The first-order chi connectivity index (χ1) is 12.6. The Balaban J connectivity index is 1.48. The van der Waals surface area contributed by atoms with E-state index in [4.69, 9.17) is 10.5 Å². The molecule has 6 heteroatoms. The van der Waals surface area contributed by atoms with Gasteiger partial charge in [0.15, 0.2) is 0 Å². The topological polar surface area (TPSA) is 88.7 Å². The third-order valence-electron chi connectivity index (χ3n) is 4.72. The molecule has 26 heavy (non-hydrogen) atoms. The van der Waals surface area contributed by atoms with Crippen LogP contribution in [-0.4, -0.2) is 21.3 Å². The second kappa shape index (κ2) is 6.65. The Labute approximate surface area is 150 Å². The van der Waals surface area contributed by atoms with E-state index in [0.29, 0.717) is 18.1 Å². The molecule has 0 aliphatic heterocycles. The maximum atomic E-state index is 11.2. The molecule has 0 saturated carbocycles. The molecular formula is C20H19N3O3. The Morgan fingerprint density at radius 3 is 2.92 bits per heavy atom. The molecule has 1 atom stereocenters. The van der Waals surface area contributed by atoms with Crippen molar-refractivity contribution in [2.45, 2.75) is 25.5 Å². The lowest BCUT2D eigenvalue weighted by Gasteiger charge is -2.20.